The first-order chi connectivity index (χ1) is 12.6. The molecule has 1 unspecified atom stereocenters. The van der Waals surface area contributed by atoms with E-state index in [1.54, 1.807) is 23.1 Å². The van der Waals surface area contributed by atoms with Crippen molar-refractivity contribution in [3.8, 4) is 0 Å². The van der Waals surface area contributed by atoms with Crippen molar-refractivity contribution in [3.05, 3.63) is 65.4 Å². The first kappa shape index (κ1) is 16.7. The van der Waals surface area contributed by atoms with Crippen LogP contribution in [0.5, 0.6) is 0 Å². The normalized spacial score (nSPS) is 17.6. The Kier molecular flexibility index (Phi) is 4.38. The number of nitrogens with one attached hydrogen (secondary N) is 2. The number of fused-ring (bicyclic) bond motifs is 1. The Labute approximate surface area is 149 Å². The fourth-order valence-electron chi connectivity index (χ4n) is 3.35. The van der Waals surface area contributed by atoms with Crippen molar-refractivity contribution < 1.29 is 13.6 Å². The average Bonchev–Trinajstić information content (AvgIpc) is 3.06. The van der Waals surface area contributed by atoms with Gasteiger partial charge in [-0.2, -0.15) is 5.10 Å². The van der Waals surface area contributed by atoms with Crippen molar-refractivity contribution in [1.82, 2.24) is 20.4 Å². The van der Waals surface area contributed by atoms with Crippen LogP contribution in [0.1, 0.15) is 16.1 Å². The molecule has 0 aliphatic carbocycles. The van der Waals surface area contributed by atoms with Gasteiger partial charge >= 0.3 is 0 Å². The van der Waals surface area contributed by atoms with E-state index >= 15 is 0 Å². The van der Waals surface area contributed by atoms with Crippen LogP contribution in [-0.4, -0.2) is 46.7 Å². The number of aromatic amines is 1. The van der Waals surface area contributed by atoms with Gasteiger partial charge in [-0.3, -0.25) is 9.89 Å². The van der Waals surface area contributed by atoms with Crippen molar-refractivity contribution in [2.24, 2.45) is 0 Å². The highest BCUT2D eigenvalue weighted by atomic mass is 19.1. The number of hydrogen-bond donors (Lipinski definition) is 2. The number of H-pyrrole nitrogens is 1. The minimum absolute atomic E-state index is 0.0695. The molecular formula is C19H18F2N4O. The maximum atomic E-state index is 13.5. The number of piperazine rings is 1. The third-order valence-corrected chi connectivity index (χ3v) is 4.67. The van der Waals surface area contributed by atoms with Crippen molar-refractivity contribution >= 4 is 16.8 Å². The van der Waals surface area contributed by atoms with Crippen LogP contribution in [0.25, 0.3) is 10.9 Å². The van der Waals surface area contributed by atoms with Crippen LogP contribution < -0.4 is 5.32 Å². The highest BCUT2D eigenvalue weighted by Gasteiger charge is 2.27. The van der Waals surface area contributed by atoms with E-state index in [0.717, 1.165) is 5.56 Å². The van der Waals surface area contributed by atoms with E-state index in [1.807, 2.05) is 0 Å². The highest BCUT2D eigenvalue weighted by molar-refractivity contribution is 6.04. The molecule has 1 aliphatic rings. The van der Waals surface area contributed by atoms with Crippen LogP contribution >= 0.6 is 0 Å². The van der Waals surface area contributed by atoms with Gasteiger partial charge in [-0.1, -0.05) is 12.1 Å². The predicted octanol–water partition coefficient (Wildman–Crippen LogP) is 2.50. The highest BCUT2D eigenvalue weighted by Crippen LogP contribution is 2.19. The van der Waals surface area contributed by atoms with Gasteiger partial charge in [0.15, 0.2) is 5.69 Å². The number of amides is 1. The van der Waals surface area contributed by atoms with Crippen LogP contribution in [-0.2, 0) is 6.42 Å². The second-order valence-electron chi connectivity index (χ2n) is 6.49. The van der Waals surface area contributed by atoms with E-state index in [1.165, 1.54) is 24.3 Å². The van der Waals surface area contributed by atoms with E-state index in [9.17, 15) is 13.6 Å². The lowest BCUT2D eigenvalue weighted by atomic mass is 10.0. The minimum atomic E-state index is -0.401. The molecule has 0 saturated carbocycles. The fourth-order valence-corrected chi connectivity index (χ4v) is 3.35. The first-order valence-electron chi connectivity index (χ1n) is 8.51. The maximum absolute atomic E-state index is 13.5. The number of halogens is 2. The van der Waals surface area contributed by atoms with Gasteiger partial charge in [-0.25, -0.2) is 8.78 Å². The lowest BCUT2D eigenvalue weighted by Gasteiger charge is -2.33. The Morgan fingerprint density at radius 1 is 1.15 bits per heavy atom. The van der Waals surface area contributed by atoms with Gasteiger partial charge in [0, 0.05) is 31.1 Å². The van der Waals surface area contributed by atoms with E-state index in [2.05, 4.69) is 15.5 Å². The number of rotatable bonds is 3. The molecule has 4 rings (SSSR count). The largest absolute Gasteiger partial charge is 0.334 e. The van der Waals surface area contributed by atoms with Gasteiger partial charge in [0.2, 0.25) is 0 Å². The van der Waals surface area contributed by atoms with Gasteiger partial charge in [-0.15, -0.1) is 0 Å². The van der Waals surface area contributed by atoms with Gasteiger partial charge in [0.05, 0.1) is 5.52 Å². The third-order valence-electron chi connectivity index (χ3n) is 4.67. The van der Waals surface area contributed by atoms with Gasteiger partial charge in [0.1, 0.15) is 11.6 Å². The van der Waals surface area contributed by atoms with Crippen LogP contribution in [0.4, 0.5) is 8.78 Å². The van der Waals surface area contributed by atoms with Crippen molar-refractivity contribution in [3.63, 3.8) is 0 Å². The smallest absolute Gasteiger partial charge is 0.275 e. The summed E-state index contributed by atoms with van der Waals surface area (Å²) in [5.41, 5.74) is 1.88. The Morgan fingerprint density at radius 2 is 1.92 bits per heavy atom. The van der Waals surface area contributed by atoms with Crippen molar-refractivity contribution in [2.75, 3.05) is 19.6 Å². The molecule has 134 valence electrons. The van der Waals surface area contributed by atoms with E-state index in [-0.39, 0.29) is 23.5 Å². The van der Waals surface area contributed by atoms with Crippen molar-refractivity contribution in [2.45, 2.75) is 12.5 Å². The zero-order valence-corrected chi connectivity index (χ0v) is 14.0. The summed E-state index contributed by atoms with van der Waals surface area (Å²) < 4.78 is 26.6. The number of carbonyl (C=O) groups is 1. The molecule has 1 aromatic heterocycles. The quantitative estimate of drug-likeness (QED) is 0.758. The molecular weight excluding hydrogens is 338 g/mol. The molecule has 2 N–H and O–H groups in total. The van der Waals surface area contributed by atoms with Gasteiger partial charge < -0.3 is 10.2 Å². The monoisotopic (exact) mass is 356 g/mol. The Hall–Kier alpha value is -2.80. The molecule has 5 nitrogen and oxygen atoms in total. The molecule has 0 bridgehead atoms. The van der Waals surface area contributed by atoms with Crippen molar-refractivity contribution in [1.29, 1.82) is 0 Å². The van der Waals surface area contributed by atoms with E-state index in [4.69, 9.17) is 0 Å². The molecule has 0 spiro atoms. The lowest BCUT2D eigenvalue weighted by Crippen LogP contribution is -2.53. The summed E-state index contributed by atoms with van der Waals surface area (Å²) in [4.78, 5) is 14.6. The number of hydrogen-bond acceptors (Lipinski definition) is 3. The standard InChI is InChI=1S/C19H18F2N4O/c20-13-3-1-12(2-4-13)9-15-11-25(8-7-22-15)19(26)18-16-10-14(21)5-6-17(16)23-24-18/h1-6,10,15,22H,7-9,11H2,(H,23,24). The third kappa shape index (κ3) is 3.30. The summed E-state index contributed by atoms with van der Waals surface area (Å²) in [6.45, 7) is 1.73. The number of carbonyl (C=O) groups excluding carboxylic acids is 1. The topological polar surface area (TPSA) is 61.0 Å². The molecule has 26 heavy (non-hydrogen) atoms. The number of nitrogens with zero attached hydrogens (tertiary/aromatic N) is 2. The summed E-state index contributed by atoms with van der Waals surface area (Å²) in [5.74, 6) is -0.880. The molecule has 1 fully saturated rings. The van der Waals surface area contributed by atoms with Crippen LogP contribution in [0.15, 0.2) is 42.5 Å². The summed E-state index contributed by atoms with van der Waals surface area (Å²) >= 11 is 0. The van der Waals surface area contributed by atoms with Crippen LogP contribution in [0.2, 0.25) is 0 Å². The molecule has 1 aliphatic heterocycles. The zero-order chi connectivity index (χ0) is 18.1. The van der Waals surface area contributed by atoms with E-state index < -0.39 is 5.82 Å². The fraction of sp³-hybridized carbons (Fsp3) is 0.263. The lowest BCUT2D eigenvalue weighted by molar-refractivity contribution is 0.0699. The number of benzene rings is 2. The molecule has 2 heterocycles. The molecule has 3 aromatic rings. The number of aromatic nitrogens is 2. The summed E-state index contributed by atoms with van der Waals surface area (Å²) in [5, 5.41) is 10.7. The second kappa shape index (κ2) is 6.84. The Balaban J connectivity index is 1.50. The first-order valence-corrected chi connectivity index (χ1v) is 8.51. The average molecular weight is 356 g/mol. The molecule has 2 aromatic carbocycles. The van der Waals surface area contributed by atoms with Crippen LogP contribution in [0.3, 0.4) is 0 Å². The summed E-state index contributed by atoms with van der Waals surface area (Å²) in [6, 6.07) is 10.7. The van der Waals surface area contributed by atoms with Crippen LogP contribution in [0, 0.1) is 11.6 Å². The molecule has 1 saturated heterocycles. The zero-order valence-electron chi connectivity index (χ0n) is 14.0. The van der Waals surface area contributed by atoms with E-state index in [0.29, 0.717) is 37.0 Å². The maximum Gasteiger partial charge on any atom is 0.275 e. The minimum Gasteiger partial charge on any atom is -0.334 e. The molecule has 0 radical (unpaired) electrons. The molecule has 7 heteroatoms. The molecule has 1 atom stereocenters. The summed E-state index contributed by atoms with van der Waals surface area (Å²) in [6.07, 6.45) is 0.694. The second-order valence-corrected chi connectivity index (χ2v) is 6.49. The predicted molar refractivity (Wildman–Crippen MR) is 93.8 cm³/mol. The summed E-state index contributed by atoms with van der Waals surface area (Å²) in [7, 11) is 0. The Bertz CT molecular complexity index is 938. The van der Waals surface area contributed by atoms with Gasteiger partial charge in [0.25, 0.3) is 5.91 Å². The van der Waals surface area contributed by atoms with Gasteiger partial charge in [-0.05, 0) is 42.3 Å². The molecule has 1 amide bonds. The Morgan fingerprint density at radius 3 is 2.73 bits per heavy atom. The SMILES string of the molecule is O=C(c1n[nH]c2ccc(F)cc12)N1CCNC(Cc2ccc(F)cc2)C1.